The molecule has 1 fully saturated rings. The van der Waals surface area contributed by atoms with E-state index in [0.717, 1.165) is 47.7 Å². The molecule has 0 bridgehead atoms. The first-order valence-electron chi connectivity index (χ1n) is 10.5. The van der Waals surface area contributed by atoms with Crippen LogP contribution in [0.25, 0.3) is 6.08 Å². The summed E-state index contributed by atoms with van der Waals surface area (Å²) in [5.41, 5.74) is 2.64. The predicted octanol–water partition coefficient (Wildman–Crippen LogP) is 4.07. The van der Waals surface area contributed by atoms with Gasteiger partial charge in [0.1, 0.15) is 0 Å². The van der Waals surface area contributed by atoms with Crippen LogP contribution in [-0.4, -0.2) is 41.8 Å². The molecule has 1 aliphatic carbocycles. The molecular weight excluding hydrogens is 448 g/mol. The van der Waals surface area contributed by atoms with E-state index < -0.39 is 0 Å². The third-order valence-corrected chi connectivity index (χ3v) is 7.79. The van der Waals surface area contributed by atoms with Crippen molar-refractivity contribution in [1.29, 1.82) is 0 Å². The number of rotatable bonds is 5. The summed E-state index contributed by atoms with van der Waals surface area (Å²) < 4.78 is 10.7. The topological polar surface area (TPSA) is 84.9 Å². The summed E-state index contributed by atoms with van der Waals surface area (Å²) in [5, 5.41) is 4.46. The van der Waals surface area contributed by atoms with Crippen LogP contribution in [0, 0.1) is 5.92 Å². The van der Waals surface area contributed by atoms with Gasteiger partial charge in [-0.1, -0.05) is 13.0 Å². The number of carbonyl (C=O) groups excluding carboxylic acids is 3. The monoisotopic (exact) mass is 470 g/mol. The van der Waals surface area contributed by atoms with Crippen molar-refractivity contribution in [2.24, 2.45) is 5.92 Å². The predicted molar refractivity (Wildman–Crippen MR) is 123 cm³/mol. The molecule has 166 valence electrons. The van der Waals surface area contributed by atoms with Gasteiger partial charge >= 0.3 is 0 Å². The van der Waals surface area contributed by atoms with E-state index >= 15 is 0 Å². The van der Waals surface area contributed by atoms with Crippen molar-refractivity contribution in [3.05, 3.63) is 50.1 Å². The quantitative estimate of drug-likeness (QED) is 0.663. The van der Waals surface area contributed by atoms with Gasteiger partial charge < -0.3 is 14.8 Å². The molecule has 32 heavy (non-hydrogen) atoms. The molecule has 1 aromatic carbocycles. The number of nitrogens with one attached hydrogen (secondary N) is 1. The number of amides is 3. The highest BCUT2D eigenvalue weighted by Gasteiger charge is 2.35. The minimum absolute atomic E-state index is 0.137. The molecule has 5 rings (SSSR count). The van der Waals surface area contributed by atoms with Crippen molar-refractivity contribution in [2.45, 2.75) is 26.2 Å². The Morgan fingerprint density at radius 1 is 1.28 bits per heavy atom. The second-order valence-corrected chi connectivity index (χ2v) is 10.1. The number of carbonyl (C=O) groups is 3. The fraction of sp³-hybridized carbons (Fsp3) is 0.348. The molecule has 7 nitrogen and oxygen atoms in total. The Bertz CT molecular complexity index is 1140. The number of thiophene rings is 1. The van der Waals surface area contributed by atoms with Crippen LogP contribution in [0.1, 0.15) is 39.7 Å². The first kappa shape index (κ1) is 21.1. The van der Waals surface area contributed by atoms with E-state index in [-0.39, 0.29) is 36.9 Å². The number of imide groups is 1. The van der Waals surface area contributed by atoms with Crippen LogP contribution in [0.4, 0.5) is 4.79 Å². The summed E-state index contributed by atoms with van der Waals surface area (Å²) >= 11 is 2.55. The summed E-state index contributed by atoms with van der Waals surface area (Å²) in [6.45, 7) is 2.77. The van der Waals surface area contributed by atoms with E-state index in [2.05, 4.69) is 12.2 Å². The van der Waals surface area contributed by atoms with Gasteiger partial charge in [0, 0.05) is 23.3 Å². The van der Waals surface area contributed by atoms with Crippen molar-refractivity contribution >= 4 is 46.2 Å². The van der Waals surface area contributed by atoms with Crippen LogP contribution in [0.3, 0.4) is 0 Å². The lowest BCUT2D eigenvalue weighted by atomic mass is 9.88. The van der Waals surface area contributed by atoms with E-state index in [1.54, 1.807) is 29.5 Å². The van der Waals surface area contributed by atoms with Gasteiger partial charge in [0.2, 0.25) is 6.79 Å². The smallest absolute Gasteiger partial charge is 0.293 e. The number of ether oxygens (including phenoxy) is 2. The van der Waals surface area contributed by atoms with Gasteiger partial charge in [-0.15, -0.1) is 11.3 Å². The summed E-state index contributed by atoms with van der Waals surface area (Å²) in [6.07, 6.45) is 4.72. The van der Waals surface area contributed by atoms with Crippen LogP contribution in [0.2, 0.25) is 0 Å². The lowest BCUT2D eigenvalue weighted by Crippen LogP contribution is -2.37. The van der Waals surface area contributed by atoms with Gasteiger partial charge in [-0.2, -0.15) is 0 Å². The SMILES string of the molecule is CC1CCc2c(C(=O)NCCN3C(=O)S/C(=C\c4ccc5c(c4)OCO5)C3=O)csc2C1. The van der Waals surface area contributed by atoms with E-state index in [9.17, 15) is 14.4 Å². The zero-order chi connectivity index (χ0) is 22.2. The third-order valence-electron chi connectivity index (χ3n) is 5.84. The molecule has 1 N–H and O–H groups in total. The summed E-state index contributed by atoms with van der Waals surface area (Å²) in [5.74, 6) is 1.44. The van der Waals surface area contributed by atoms with E-state index in [0.29, 0.717) is 22.3 Å². The molecule has 1 atom stereocenters. The standard InChI is InChI=1S/C23H22N2O5S2/c1-13-2-4-15-16(11-31-19(15)8-13)21(26)24-6-7-25-22(27)20(32-23(25)28)10-14-3-5-17-18(9-14)30-12-29-17/h3,5,9-11,13H,2,4,6-8,12H2,1H3,(H,24,26)/b20-10-. The Kier molecular flexibility index (Phi) is 5.69. The van der Waals surface area contributed by atoms with E-state index in [4.69, 9.17) is 9.47 Å². The highest BCUT2D eigenvalue weighted by molar-refractivity contribution is 8.18. The molecule has 1 aromatic heterocycles. The van der Waals surface area contributed by atoms with E-state index in [1.807, 2.05) is 11.4 Å². The first-order valence-corrected chi connectivity index (χ1v) is 12.2. The van der Waals surface area contributed by atoms with Gasteiger partial charge in [0.05, 0.1) is 10.5 Å². The summed E-state index contributed by atoms with van der Waals surface area (Å²) in [7, 11) is 0. The Morgan fingerprint density at radius 2 is 2.12 bits per heavy atom. The number of hydrogen-bond donors (Lipinski definition) is 1. The van der Waals surface area contributed by atoms with Gasteiger partial charge in [0.25, 0.3) is 17.1 Å². The molecule has 0 saturated carbocycles. The van der Waals surface area contributed by atoms with Crippen molar-refractivity contribution in [2.75, 3.05) is 19.9 Å². The van der Waals surface area contributed by atoms with Crippen LogP contribution in [0.5, 0.6) is 11.5 Å². The molecule has 0 spiro atoms. The zero-order valence-corrected chi connectivity index (χ0v) is 19.1. The largest absolute Gasteiger partial charge is 0.454 e. The highest BCUT2D eigenvalue weighted by atomic mass is 32.2. The molecular formula is C23H22N2O5S2. The number of nitrogens with zero attached hydrogens (tertiary/aromatic N) is 1. The summed E-state index contributed by atoms with van der Waals surface area (Å²) in [6, 6.07) is 5.36. The van der Waals surface area contributed by atoms with Crippen molar-refractivity contribution in [3.63, 3.8) is 0 Å². The zero-order valence-electron chi connectivity index (χ0n) is 17.5. The average Bonchev–Trinajstić information content (AvgIpc) is 3.47. The van der Waals surface area contributed by atoms with Crippen LogP contribution in [-0.2, 0) is 17.6 Å². The highest BCUT2D eigenvalue weighted by Crippen LogP contribution is 2.36. The van der Waals surface area contributed by atoms with E-state index in [1.165, 1.54) is 9.78 Å². The number of fused-ring (bicyclic) bond motifs is 2. The Labute approximate surface area is 193 Å². The van der Waals surface area contributed by atoms with Crippen LogP contribution < -0.4 is 14.8 Å². The number of hydrogen-bond acceptors (Lipinski definition) is 7. The molecule has 0 radical (unpaired) electrons. The van der Waals surface area contributed by atoms with Gasteiger partial charge in [-0.25, -0.2) is 0 Å². The fourth-order valence-electron chi connectivity index (χ4n) is 4.09. The molecule has 3 heterocycles. The molecule has 9 heteroatoms. The Balaban J connectivity index is 1.20. The fourth-order valence-corrected chi connectivity index (χ4v) is 6.20. The summed E-state index contributed by atoms with van der Waals surface area (Å²) in [4.78, 5) is 40.6. The lowest BCUT2D eigenvalue weighted by Gasteiger charge is -2.19. The van der Waals surface area contributed by atoms with Gasteiger partial charge in [-0.05, 0) is 66.3 Å². The van der Waals surface area contributed by atoms with Crippen LogP contribution >= 0.6 is 23.1 Å². The number of benzene rings is 1. The van der Waals surface area contributed by atoms with Crippen molar-refractivity contribution < 1.29 is 23.9 Å². The number of thioether (sulfide) groups is 1. The second kappa shape index (κ2) is 8.63. The maximum Gasteiger partial charge on any atom is 0.293 e. The van der Waals surface area contributed by atoms with Crippen molar-refractivity contribution in [1.82, 2.24) is 10.2 Å². The first-order chi connectivity index (χ1) is 15.5. The Hall–Kier alpha value is -2.78. The third kappa shape index (κ3) is 4.02. The van der Waals surface area contributed by atoms with Crippen molar-refractivity contribution in [3.8, 4) is 11.5 Å². The maximum atomic E-state index is 12.7. The van der Waals surface area contributed by atoms with Gasteiger partial charge in [-0.3, -0.25) is 19.3 Å². The molecule has 3 amide bonds. The Morgan fingerprint density at radius 3 is 3.00 bits per heavy atom. The molecule has 2 aromatic rings. The normalized spacial score (nSPS) is 20.7. The minimum Gasteiger partial charge on any atom is -0.454 e. The van der Waals surface area contributed by atoms with Crippen LogP contribution in [0.15, 0.2) is 28.5 Å². The minimum atomic E-state index is -0.353. The average molecular weight is 471 g/mol. The molecule has 2 aliphatic heterocycles. The molecule has 1 unspecified atom stereocenters. The lowest BCUT2D eigenvalue weighted by molar-refractivity contribution is -0.122. The maximum absolute atomic E-state index is 12.7. The second-order valence-electron chi connectivity index (χ2n) is 8.10. The molecule has 1 saturated heterocycles. The van der Waals surface area contributed by atoms with Gasteiger partial charge in [0.15, 0.2) is 11.5 Å². The molecule has 3 aliphatic rings.